The molecule has 1 unspecified atom stereocenters. The zero-order valence-electron chi connectivity index (χ0n) is 12.4. The van der Waals surface area contributed by atoms with Crippen LogP contribution in [0.4, 0.5) is 5.69 Å². The lowest BCUT2D eigenvalue weighted by Crippen LogP contribution is -2.43. The number of hydrogen-bond acceptors (Lipinski definition) is 3. The van der Waals surface area contributed by atoms with Gasteiger partial charge in [0.2, 0.25) is 5.91 Å². The van der Waals surface area contributed by atoms with Crippen LogP contribution >= 0.6 is 0 Å². The van der Waals surface area contributed by atoms with E-state index in [0.29, 0.717) is 12.6 Å². The molecule has 1 aliphatic carbocycles. The Hall–Kier alpha value is -1.39. The molecule has 0 bridgehead atoms. The van der Waals surface area contributed by atoms with Crippen molar-refractivity contribution in [1.82, 2.24) is 4.90 Å². The van der Waals surface area contributed by atoms with Gasteiger partial charge in [-0.25, -0.2) is 0 Å². The Morgan fingerprint density at radius 3 is 2.85 bits per heavy atom. The molecule has 2 rings (SSSR count). The maximum absolute atomic E-state index is 12.4. The van der Waals surface area contributed by atoms with Crippen molar-refractivity contribution in [3.05, 3.63) is 29.8 Å². The minimum atomic E-state index is -0.0796. The van der Waals surface area contributed by atoms with Crippen LogP contribution in [-0.2, 0) is 11.3 Å². The van der Waals surface area contributed by atoms with Crippen LogP contribution in [0.3, 0.4) is 0 Å². The van der Waals surface area contributed by atoms with Gasteiger partial charge < -0.3 is 11.1 Å². The molecule has 4 nitrogen and oxygen atoms in total. The van der Waals surface area contributed by atoms with Crippen molar-refractivity contribution in [2.45, 2.75) is 51.7 Å². The van der Waals surface area contributed by atoms with Gasteiger partial charge in [0.05, 0.1) is 6.04 Å². The molecule has 0 aromatic heterocycles. The third kappa shape index (κ3) is 3.81. The smallest absolute Gasteiger partial charge is 0.241 e. The summed E-state index contributed by atoms with van der Waals surface area (Å²) >= 11 is 0. The van der Waals surface area contributed by atoms with Crippen LogP contribution in [-0.4, -0.2) is 29.4 Å². The molecular weight excluding hydrogens is 250 g/mol. The molecule has 1 aromatic carbocycles. The van der Waals surface area contributed by atoms with Crippen LogP contribution in [0.5, 0.6) is 0 Å². The summed E-state index contributed by atoms with van der Waals surface area (Å²) in [5.74, 6) is 0.0690. The first-order valence-corrected chi connectivity index (χ1v) is 7.51. The lowest BCUT2D eigenvalue weighted by molar-refractivity contribution is -0.121. The first kappa shape index (κ1) is 15.0. The van der Waals surface area contributed by atoms with Crippen molar-refractivity contribution in [3.8, 4) is 0 Å². The predicted octanol–water partition coefficient (Wildman–Crippen LogP) is 2.35. The first-order chi connectivity index (χ1) is 9.65. The molecule has 3 N–H and O–H groups in total. The number of hydrogen-bond donors (Lipinski definition) is 2. The quantitative estimate of drug-likeness (QED) is 0.803. The standard InChI is InChI=1S/C16H25N3O/c1-3-9-19(15-7-8-15)12(2)16(20)18-14-6-4-5-13(10-14)11-17/h4-6,10,12,15H,3,7-9,11,17H2,1-2H3,(H,18,20). The van der Waals surface area contributed by atoms with Gasteiger partial charge in [0.15, 0.2) is 0 Å². The third-order valence-electron chi connectivity index (χ3n) is 3.80. The first-order valence-electron chi connectivity index (χ1n) is 7.51. The fourth-order valence-electron chi connectivity index (χ4n) is 2.53. The summed E-state index contributed by atoms with van der Waals surface area (Å²) < 4.78 is 0. The van der Waals surface area contributed by atoms with Gasteiger partial charge in [-0.2, -0.15) is 0 Å². The second-order valence-electron chi connectivity index (χ2n) is 5.54. The van der Waals surface area contributed by atoms with E-state index in [4.69, 9.17) is 5.73 Å². The highest BCUT2D eigenvalue weighted by molar-refractivity contribution is 5.94. The Labute approximate surface area is 121 Å². The molecule has 0 aliphatic heterocycles. The van der Waals surface area contributed by atoms with E-state index in [1.807, 2.05) is 31.2 Å². The number of nitrogens with two attached hydrogens (primary N) is 1. The average Bonchev–Trinajstić information content (AvgIpc) is 3.28. The van der Waals surface area contributed by atoms with Gasteiger partial charge >= 0.3 is 0 Å². The van der Waals surface area contributed by atoms with Crippen molar-refractivity contribution in [2.75, 3.05) is 11.9 Å². The topological polar surface area (TPSA) is 58.4 Å². The second kappa shape index (κ2) is 6.86. The summed E-state index contributed by atoms with van der Waals surface area (Å²) in [5.41, 5.74) is 7.49. The van der Waals surface area contributed by atoms with Crippen LogP contribution in [0.1, 0.15) is 38.7 Å². The maximum atomic E-state index is 12.4. The number of carbonyl (C=O) groups excluding carboxylic acids is 1. The number of rotatable bonds is 7. The fourth-order valence-corrected chi connectivity index (χ4v) is 2.53. The number of carbonyl (C=O) groups is 1. The Kier molecular flexibility index (Phi) is 5.15. The van der Waals surface area contributed by atoms with E-state index in [1.165, 1.54) is 12.8 Å². The highest BCUT2D eigenvalue weighted by Gasteiger charge is 2.34. The zero-order valence-corrected chi connectivity index (χ0v) is 12.4. The van der Waals surface area contributed by atoms with Crippen molar-refractivity contribution < 1.29 is 4.79 Å². The Morgan fingerprint density at radius 2 is 2.25 bits per heavy atom. The normalized spacial score (nSPS) is 16.2. The fraction of sp³-hybridized carbons (Fsp3) is 0.562. The molecule has 0 saturated heterocycles. The molecule has 1 aliphatic rings. The number of benzene rings is 1. The minimum Gasteiger partial charge on any atom is -0.326 e. The summed E-state index contributed by atoms with van der Waals surface area (Å²) in [5, 5.41) is 3.00. The van der Waals surface area contributed by atoms with Gasteiger partial charge in [0.1, 0.15) is 0 Å². The summed E-state index contributed by atoms with van der Waals surface area (Å²) in [6.45, 7) is 5.63. The molecule has 0 spiro atoms. The van der Waals surface area contributed by atoms with Crippen LogP contribution in [0.25, 0.3) is 0 Å². The van der Waals surface area contributed by atoms with Gasteiger partial charge in [0.25, 0.3) is 0 Å². The van der Waals surface area contributed by atoms with Gasteiger partial charge in [-0.3, -0.25) is 9.69 Å². The molecule has 1 aromatic rings. The van der Waals surface area contributed by atoms with Crippen LogP contribution < -0.4 is 11.1 Å². The lowest BCUT2D eigenvalue weighted by Gasteiger charge is -2.27. The summed E-state index contributed by atoms with van der Waals surface area (Å²) in [6.07, 6.45) is 3.53. The third-order valence-corrected chi connectivity index (χ3v) is 3.80. The van der Waals surface area contributed by atoms with E-state index in [2.05, 4.69) is 17.1 Å². The van der Waals surface area contributed by atoms with Crippen LogP contribution in [0, 0.1) is 0 Å². The van der Waals surface area contributed by atoms with Crippen molar-refractivity contribution in [3.63, 3.8) is 0 Å². The molecule has 0 radical (unpaired) electrons. The predicted molar refractivity (Wildman–Crippen MR) is 82.4 cm³/mol. The summed E-state index contributed by atoms with van der Waals surface area (Å²) in [4.78, 5) is 14.7. The van der Waals surface area contributed by atoms with Gasteiger partial charge in [-0.05, 0) is 50.4 Å². The van der Waals surface area contributed by atoms with E-state index in [9.17, 15) is 4.79 Å². The highest BCUT2D eigenvalue weighted by atomic mass is 16.2. The number of nitrogens with zero attached hydrogens (tertiary/aromatic N) is 1. The number of anilines is 1. The van der Waals surface area contributed by atoms with E-state index in [-0.39, 0.29) is 11.9 Å². The molecule has 0 heterocycles. The highest BCUT2D eigenvalue weighted by Crippen LogP contribution is 2.29. The number of amides is 1. The van der Waals surface area contributed by atoms with E-state index in [1.54, 1.807) is 0 Å². The zero-order chi connectivity index (χ0) is 14.5. The molecule has 1 atom stereocenters. The van der Waals surface area contributed by atoms with Gasteiger partial charge in [-0.1, -0.05) is 19.1 Å². The van der Waals surface area contributed by atoms with Gasteiger partial charge in [0, 0.05) is 18.3 Å². The molecule has 1 amide bonds. The van der Waals surface area contributed by atoms with E-state index >= 15 is 0 Å². The number of nitrogens with one attached hydrogen (secondary N) is 1. The Bertz CT molecular complexity index is 457. The van der Waals surface area contributed by atoms with Crippen LogP contribution in [0.15, 0.2) is 24.3 Å². The van der Waals surface area contributed by atoms with Crippen molar-refractivity contribution in [2.24, 2.45) is 5.73 Å². The minimum absolute atomic E-state index is 0.0690. The lowest BCUT2D eigenvalue weighted by atomic mass is 10.2. The SMILES string of the molecule is CCCN(C1CC1)C(C)C(=O)Nc1cccc(CN)c1. The van der Waals surface area contributed by atoms with E-state index in [0.717, 1.165) is 24.2 Å². The molecule has 110 valence electrons. The molecule has 1 fully saturated rings. The Balaban J connectivity index is 1.98. The molecule has 1 saturated carbocycles. The molecular formula is C16H25N3O. The molecule has 4 heteroatoms. The second-order valence-corrected chi connectivity index (χ2v) is 5.54. The van der Waals surface area contributed by atoms with Crippen molar-refractivity contribution in [1.29, 1.82) is 0 Å². The largest absolute Gasteiger partial charge is 0.326 e. The summed E-state index contributed by atoms with van der Waals surface area (Å²) in [6, 6.07) is 8.26. The molecule has 20 heavy (non-hydrogen) atoms. The maximum Gasteiger partial charge on any atom is 0.241 e. The van der Waals surface area contributed by atoms with Crippen LogP contribution in [0.2, 0.25) is 0 Å². The summed E-state index contributed by atoms with van der Waals surface area (Å²) in [7, 11) is 0. The van der Waals surface area contributed by atoms with Gasteiger partial charge in [-0.15, -0.1) is 0 Å². The average molecular weight is 275 g/mol. The Morgan fingerprint density at radius 1 is 1.50 bits per heavy atom. The monoisotopic (exact) mass is 275 g/mol. The van der Waals surface area contributed by atoms with Crippen molar-refractivity contribution >= 4 is 11.6 Å². The van der Waals surface area contributed by atoms with E-state index < -0.39 is 0 Å².